The van der Waals surface area contributed by atoms with Crippen molar-refractivity contribution in [2.75, 3.05) is 0 Å². The summed E-state index contributed by atoms with van der Waals surface area (Å²) in [5.74, 6) is -1.88. The molecule has 0 spiro atoms. The molecule has 0 bridgehead atoms. The molecule has 0 saturated carbocycles. The molecule has 0 aliphatic heterocycles. The Morgan fingerprint density at radius 2 is 2.11 bits per heavy atom. The molecule has 0 aliphatic rings. The number of carbonyl (C=O) groups is 2. The molecular formula is C14H18FNO3. The van der Waals surface area contributed by atoms with Gasteiger partial charge in [0.15, 0.2) is 0 Å². The van der Waals surface area contributed by atoms with E-state index >= 15 is 0 Å². The smallest absolute Gasteiger partial charge is 0.303 e. The summed E-state index contributed by atoms with van der Waals surface area (Å²) in [5, 5.41) is 11.2. The monoisotopic (exact) mass is 267 g/mol. The van der Waals surface area contributed by atoms with Gasteiger partial charge in [0.2, 0.25) is 0 Å². The van der Waals surface area contributed by atoms with Crippen LogP contribution in [-0.2, 0) is 4.79 Å². The van der Waals surface area contributed by atoms with Gasteiger partial charge in [-0.1, -0.05) is 6.07 Å². The molecule has 4 nitrogen and oxygen atoms in total. The highest BCUT2D eigenvalue weighted by molar-refractivity contribution is 5.94. The zero-order valence-electron chi connectivity index (χ0n) is 11.1. The van der Waals surface area contributed by atoms with E-state index in [0.717, 1.165) is 5.56 Å². The summed E-state index contributed by atoms with van der Waals surface area (Å²) >= 11 is 0. The van der Waals surface area contributed by atoms with Gasteiger partial charge in [-0.2, -0.15) is 0 Å². The quantitative estimate of drug-likeness (QED) is 0.832. The van der Waals surface area contributed by atoms with Gasteiger partial charge >= 0.3 is 5.97 Å². The number of amides is 1. The van der Waals surface area contributed by atoms with Crippen LogP contribution in [0.5, 0.6) is 0 Å². The van der Waals surface area contributed by atoms with Crippen LogP contribution in [0.2, 0.25) is 0 Å². The van der Waals surface area contributed by atoms with Crippen LogP contribution < -0.4 is 5.32 Å². The second kappa shape index (κ2) is 6.87. The number of carboxylic acids is 1. The molecule has 5 heteroatoms. The van der Waals surface area contributed by atoms with Gasteiger partial charge in [0.05, 0.1) is 5.56 Å². The Morgan fingerprint density at radius 3 is 2.68 bits per heavy atom. The number of rotatable bonds is 6. The van der Waals surface area contributed by atoms with E-state index in [4.69, 9.17) is 5.11 Å². The van der Waals surface area contributed by atoms with Gasteiger partial charge < -0.3 is 10.4 Å². The Hall–Kier alpha value is -1.91. The minimum absolute atomic E-state index is 0.00989. The van der Waals surface area contributed by atoms with Crippen molar-refractivity contribution < 1.29 is 19.1 Å². The summed E-state index contributed by atoms with van der Waals surface area (Å²) in [6, 6.07) is 4.24. The Morgan fingerprint density at radius 1 is 1.42 bits per heavy atom. The molecule has 19 heavy (non-hydrogen) atoms. The molecule has 0 heterocycles. The molecule has 0 saturated heterocycles. The molecule has 1 atom stereocenters. The molecule has 1 aromatic carbocycles. The van der Waals surface area contributed by atoms with Gasteiger partial charge in [0.1, 0.15) is 5.82 Å². The van der Waals surface area contributed by atoms with Crippen molar-refractivity contribution in [3.63, 3.8) is 0 Å². The lowest BCUT2D eigenvalue weighted by molar-refractivity contribution is -0.137. The molecule has 0 radical (unpaired) electrons. The molecule has 1 amide bonds. The average molecular weight is 267 g/mol. The summed E-state index contributed by atoms with van der Waals surface area (Å²) in [6.07, 6.45) is 1.10. The number of nitrogens with one attached hydrogen (secondary N) is 1. The lowest BCUT2D eigenvalue weighted by atomic mass is 10.1. The van der Waals surface area contributed by atoms with Crippen LogP contribution in [0.1, 0.15) is 42.1 Å². The number of aliphatic carboxylic acids is 1. The van der Waals surface area contributed by atoms with E-state index in [1.165, 1.54) is 12.1 Å². The number of halogens is 1. The van der Waals surface area contributed by atoms with Gasteiger partial charge in [-0.15, -0.1) is 0 Å². The second-order valence-electron chi connectivity index (χ2n) is 4.64. The van der Waals surface area contributed by atoms with Gasteiger partial charge in [0.25, 0.3) is 5.91 Å². The zero-order valence-corrected chi connectivity index (χ0v) is 11.1. The van der Waals surface area contributed by atoms with Crippen LogP contribution in [0.4, 0.5) is 4.39 Å². The van der Waals surface area contributed by atoms with Crippen LogP contribution in [0.25, 0.3) is 0 Å². The molecule has 1 unspecified atom stereocenters. The van der Waals surface area contributed by atoms with Crippen molar-refractivity contribution in [1.29, 1.82) is 0 Å². The van der Waals surface area contributed by atoms with Crippen LogP contribution in [-0.4, -0.2) is 23.0 Å². The Labute approximate surface area is 111 Å². The van der Waals surface area contributed by atoms with Gasteiger partial charge in [-0.25, -0.2) is 4.39 Å². The van der Waals surface area contributed by atoms with Gasteiger partial charge in [-0.05, 0) is 44.4 Å². The SMILES string of the molecule is Cc1ccc(C(=O)NC(C)CCCC(=O)O)c(F)c1. The maximum atomic E-state index is 13.6. The third-order valence-corrected chi connectivity index (χ3v) is 2.77. The first-order chi connectivity index (χ1) is 8.90. The molecule has 1 rings (SSSR count). The largest absolute Gasteiger partial charge is 0.481 e. The molecule has 0 aromatic heterocycles. The number of hydrogen-bond acceptors (Lipinski definition) is 2. The van der Waals surface area contributed by atoms with Crippen molar-refractivity contribution in [3.8, 4) is 0 Å². The minimum Gasteiger partial charge on any atom is -0.481 e. The standard InChI is InChI=1S/C14H18FNO3/c1-9-6-7-11(12(15)8-9)14(19)16-10(2)4-3-5-13(17)18/h6-8,10H,3-5H2,1-2H3,(H,16,19)(H,17,18). The van der Waals surface area contributed by atoms with E-state index in [9.17, 15) is 14.0 Å². The fourth-order valence-electron chi connectivity index (χ4n) is 1.74. The predicted octanol–water partition coefficient (Wildman–Crippen LogP) is 2.51. The summed E-state index contributed by atoms with van der Waals surface area (Å²) < 4.78 is 13.6. The fraction of sp³-hybridized carbons (Fsp3) is 0.429. The second-order valence-corrected chi connectivity index (χ2v) is 4.64. The molecule has 0 fully saturated rings. The lowest BCUT2D eigenvalue weighted by Crippen LogP contribution is -2.33. The Kier molecular flexibility index (Phi) is 5.48. The summed E-state index contributed by atoms with van der Waals surface area (Å²) in [5.41, 5.74) is 0.763. The van der Waals surface area contributed by atoms with Crippen molar-refractivity contribution in [1.82, 2.24) is 5.32 Å². The van der Waals surface area contributed by atoms with Crippen LogP contribution in [0.15, 0.2) is 18.2 Å². The van der Waals surface area contributed by atoms with E-state index < -0.39 is 17.7 Å². The van der Waals surface area contributed by atoms with Gasteiger partial charge in [0, 0.05) is 12.5 Å². The molecule has 0 aliphatic carbocycles. The number of aryl methyl sites for hydroxylation is 1. The van der Waals surface area contributed by atoms with Crippen LogP contribution in [0, 0.1) is 12.7 Å². The Bertz CT molecular complexity index is 474. The van der Waals surface area contributed by atoms with Crippen molar-refractivity contribution >= 4 is 11.9 Å². The highest BCUT2D eigenvalue weighted by Crippen LogP contribution is 2.10. The van der Waals surface area contributed by atoms with E-state index in [-0.39, 0.29) is 18.0 Å². The maximum absolute atomic E-state index is 13.6. The topological polar surface area (TPSA) is 66.4 Å². The number of carboxylic acid groups (broad SMARTS) is 1. The lowest BCUT2D eigenvalue weighted by Gasteiger charge is -2.13. The van der Waals surface area contributed by atoms with Gasteiger partial charge in [-0.3, -0.25) is 9.59 Å². The third kappa shape index (κ3) is 5.07. The van der Waals surface area contributed by atoms with Crippen LogP contribution >= 0.6 is 0 Å². The average Bonchev–Trinajstić information content (AvgIpc) is 2.27. The first-order valence-corrected chi connectivity index (χ1v) is 6.19. The molecular weight excluding hydrogens is 249 g/mol. The number of hydrogen-bond donors (Lipinski definition) is 2. The van der Waals surface area contributed by atoms with E-state index in [0.29, 0.717) is 12.8 Å². The molecule has 1 aromatic rings. The highest BCUT2D eigenvalue weighted by Gasteiger charge is 2.14. The normalized spacial score (nSPS) is 11.9. The summed E-state index contributed by atoms with van der Waals surface area (Å²) in [4.78, 5) is 22.2. The summed E-state index contributed by atoms with van der Waals surface area (Å²) in [6.45, 7) is 3.52. The van der Waals surface area contributed by atoms with Crippen molar-refractivity contribution in [2.45, 2.75) is 39.2 Å². The highest BCUT2D eigenvalue weighted by atomic mass is 19.1. The van der Waals surface area contributed by atoms with Crippen molar-refractivity contribution in [2.24, 2.45) is 0 Å². The minimum atomic E-state index is -0.858. The van der Waals surface area contributed by atoms with E-state index in [1.807, 2.05) is 0 Å². The molecule has 104 valence electrons. The number of benzene rings is 1. The first kappa shape index (κ1) is 15.1. The third-order valence-electron chi connectivity index (χ3n) is 2.77. The Balaban J connectivity index is 2.52. The molecule has 2 N–H and O–H groups in total. The number of carbonyl (C=O) groups excluding carboxylic acids is 1. The fourth-order valence-corrected chi connectivity index (χ4v) is 1.74. The zero-order chi connectivity index (χ0) is 14.4. The van der Waals surface area contributed by atoms with E-state index in [2.05, 4.69) is 5.32 Å². The predicted molar refractivity (Wildman–Crippen MR) is 69.6 cm³/mol. The maximum Gasteiger partial charge on any atom is 0.303 e. The van der Waals surface area contributed by atoms with E-state index in [1.54, 1.807) is 19.9 Å². The first-order valence-electron chi connectivity index (χ1n) is 6.19. The van der Waals surface area contributed by atoms with Crippen LogP contribution in [0.3, 0.4) is 0 Å². The summed E-state index contributed by atoms with van der Waals surface area (Å²) in [7, 11) is 0. The van der Waals surface area contributed by atoms with Crippen molar-refractivity contribution in [3.05, 3.63) is 35.1 Å².